The third-order valence-electron chi connectivity index (χ3n) is 8.84. The molecule has 0 heterocycles. The number of rotatable bonds is 13. The van der Waals surface area contributed by atoms with Crippen molar-refractivity contribution in [2.45, 2.75) is 85.4 Å². The minimum atomic E-state index is -2.69. The first kappa shape index (κ1) is 27.9. The summed E-state index contributed by atoms with van der Waals surface area (Å²) in [6.07, 6.45) is 10.6. The van der Waals surface area contributed by atoms with E-state index in [1.807, 2.05) is 3.58 Å². The quantitative estimate of drug-likeness (QED) is 0.103. The summed E-state index contributed by atoms with van der Waals surface area (Å²) in [5.41, 5.74) is 3.22. The van der Waals surface area contributed by atoms with Crippen LogP contribution in [-0.2, 0) is 12.8 Å². The van der Waals surface area contributed by atoms with Crippen molar-refractivity contribution in [2.24, 2.45) is 0 Å². The van der Waals surface area contributed by atoms with Gasteiger partial charge in [-0.05, 0) is 0 Å². The Kier molecular flexibility index (Phi) is 9.66. The number of aryl methyl sites for hydroxylation is 2. The molecule has 0 saturated heterocycles. The first-order chi connectivity index (χ1) is 18.7. The molecule has 0 bridgehead atoms. The molecule has 1 aliphatic carbocycles. The van der Waals surface area contributed by atoms with Crippen LogP contribution in [0.2, 0.25) is 13.3 Å². The van der Waals surface area contributed by atoms with Crippen molar-refractivity contribution < 1.29 is 0 Å². The van der Waals surface area contributed by atoms with E-state index in [4.69, 9.17) is 0 Å². The molecule has 0 spiro atoms. The molecule has 0 saturated carbocycles. The van der Waals surface area contributed by atoms with Gasteiger partial charge in [-0.3, -0.25) is 0 Å². The van der Waals surface area contributed by atoms with Gasteiger partial charge in [-0.15, -0.1) is 0 Å². The Bertz CT molecular complexity index is 1260. The van der Waals surface area contributed by atoms with E-state index in [9.17, 15) is 0 Å². The number of unbranched alkanes of at least 4 members (excludes halogenated alkanes) is 3. The fraction of sp³-hybridized carbons (Fsp3) is 0.389. The van der Waals surface area contributed by atoms with Crippen LogP contribution >= 0.6 is 7.92 Å². The second kappa shape index (κ2) is 13.1. The van der Waals surface area contributed by atoms with Crippen LogP contribution in [0.3, 0.4) is 0 Å². The summed E-state index contributed by atoms with van der Waals surface area (Å²) >= 11 is -2.69. The molecule has 0 amide bonds. The Morgan fingerprint density at radius 3 is 1.50 bits per heavy atom. The van der Waals surface area contributed by atoms with Gasteiger partial charge >= 0.3 is 238 Å². The van der Waals surface area contributed by atoms with Gasteiger partial charge in [-0.1, -0.05) is 0 Å². The third kappa shape index (κ3) is 5.64. The maximum atomic E-state index is 2.69. The number of benzene rings is 4. The maximum absolute atomic E-state index is 2.69. The molecule has 0 nitrogen and oxygen atoms in total. The molecule has 0 fully saturated rings. The Hall–Kier alpha value is -1.63. The molecule has 5 rings (SSSR count). The van der Waals surface area contributed by atoms with Gasteiger partial charge in [0.2, 0.25) is 0 Å². The third-order valence-corrected chi connectivity index (χ3v) is 27.0. The summed E-state index contributed by atoms with van der Waals surface area (Å²) in [7, 11) is -0.611. The van der Waals surface area contributed by atoms with Crippen LogP contribution in [0.5, 0.6) is 0 Å². The molecule has 4 aromatic carbocycles. The molecule has 0 atom stereocenters. The Morgan fingerprint density at radius 2 is 1.03 bits per heavy atom. The summed E-state index contributed by atoms with van der Waals surface area (Å²) < 4.78 is 6.46. The SMILES string of the molecule is CCC[CH2][Sn]([CH2]CCC)([CH2]CCC)[c]1ccc2c3c(ccc(P(c4ccccc4)c4ccccc4)c13)CC2. The van der Waals surface area contributed by atoms with Gasteiger partial charge in [0, 0.05) is 0 Å². The van der Waals surface area contributed by atoms with Gasteiger partial charge in [-0.25, -0.2) is 0 Å². The van der Waals surface area contributed by atoms with Crippen LogP contribution in [0.1, 0.15) is 70.4 Å². The number of hydrogen-bond donors (Lipinski definition) is 0. The standard InChI is InChI=1S/C24H18P.3C4H9.Sn/c1-3-9-20(10-4-1)25(21-11-5-2-6-12-21)23-17-16-19-15-14-18-8-7-13-22(23)24(18)19;3*1-3-4-2;/h1-12,16-17H,14-15H2;3*1,3-4H2,2H3;. The molecule has 4 aromatic rings. The fourth-order valence-corrected chi connectivity index (χ4v) is 26.4. The van der Waals surface area contributed by atoms with Crippen molar-refractivity contribution >= 4 is 56.6 Å². The van der Waals surface area contributed by atoms with Crippen LogP contribution in [0.25, 0.3) is 10.8 Å². The van der Waals surface area contributed by atoms with Crippen LogP contribution < -0.4 is 19.5 Å². The van der Waals surface area contributed by atoms with Crippen LogP contribution in [-0.4, -0.2) is 18.4 Å². The molecular formula is C36H45PSn. The number of hydrogen-bond acceptors (Lipinski definition) is 0. The van der Waals surface area contributed by atoms with Gasteiger partial charge in [0.15, 0.2) is 0 Å². The molecule has 198 valence electrons. The average Bonchev–Trinajstić information content (AvgIpc) is 3.40. The topological polar surface area (TPSA) is 0 Å². The monoisotopic (exact) mass is 628 g/mol. The Balaban J connectivity index is 1.82. The van der Waals surface area contributed by atoms with Crippen LogP contribution in [0.4, 0.5) is 0 Å². The molecule has 0 N–H and O–H groups in total. The summed E-state index contributed by atoms with van der Waals surface area (Å²) in [6, 6.07) is 33.1. The van der Waals surface area contributed by atoms with E-state index in [0.29, 0.717) is 0 Å². The van der Waals surface area contributed by atoms with Gasteiger partial charge < -0.3 is 0 Å². The van der Waals surface area contributed by atoms with Crippen LogP contribution in [0.15, 0.2) is 84.9 Å². The predicted molar refractivity (Wildman–Crippen MR) is 175 cm³/mol. The Labute approximate surface area is 236 Å². The first-order valence-electron chi connectivity index (χ1n) is 15.2. The van der Waals surface area contributed by atoms with Crippen molar-refractivity contribution in [2.75, 3.05) is 0 Å². The molecule has 0 aromatic heterocycles. The van der Waals surface area contributed by atoms with E-state index >= 15 is 0 Å². The molecule has 2 heteroatoms. The van der Waals surface area contributed by atoms with Crippen molar-refractivity contribution in [1.29, 1.82) is 0 Å². The van der Waals surface area contributed by atoms with Crippen molar-refractivity contribution in [3.63, 3.8) is 0 Å². The average molecular weight is 627 g/mol. The van der Waals surface area contributed by atoms with Crippen molar-refractivity contribution in [3.05, 3.63) is 96.1 Å². The van der Waals surface area contributed by atoms with Gasteiger partial charge in [-0.2, -0.15) is 0 Å². The summed E-state index contributed by atoms with van der Waals surface area (Å²) in [6.45, 7) is 7.21. The summed E-state index contributed by atoms with van der Waals surface area (Å²) in [4.78, 5) is 0. The minimum absolute atomic E-state index is 0.611. The van der Waals surface area contributed by atoms with Crippen molar-refractivity contribution in [1.82, 2.24) is 0 Å². The Morgan fingerprint density at radius 1 is 0.553 bits per heavy atom. The fourth-order valence-electron chi connectivity index (χ4n) is 6.85. The van der Waals surface area contributed by atoms with Gasteiger partial charge in [0.25, 0.3) is 0 Å². The predicted octanol–water partition coefficient (Wildman–Crippen LogP) is 8.75. The van der Waals surface area contributed by atoms with E-state index in [0.717, 1.165) is 0 Å². The molecule has 0 aliphatic heterocycles. The van der Waals surface area contributed by atoms with Gasteiger partial charge in [0.1, 0.15) is 0 Å². The van der Waals surface area contributed by atoms with E-state index in [1.165, 1.54) is 75.3 Å². The van der Waals surface area contributed by atoms with Gasteiger partial charge in [0.05, 0.1) is 0 Å². The van der Waals surface area contributed by atoms with E-state index in [1.54, 1.807) is 27.2 Å². The molecule has 1 aliphatic rings. The molecule has 38 heavy (non-hydrogen) atoms. The summed E-state index contributed by atoms with van der Waals surface area (Å²) in [5.74, 6) is 0. The zero-order valence-corrected chi connectivity index (χ0v) is 27.6. The zero-order chi connectivity index (χ0) is 26.4. The second-order valence-corrected chi connectivity index (χ2v) is 26.7. The normalized spacial score (nSPS) is 13.1. The summed E-state index contributed by atoms with van der Waals surface area (Å²) in [5, 5.41) is 7.96. The van der Waals surface area contributed by atoms with E-state index in [-0.39, 0.29) is 0 Å². The van der Waals surface area contributed by atoms with E-state index in [2.05, 4.69) is 106 Å². The second-order valence-electron chi connectivity index (χ2n) is 11.4. The van der Waals surface area contributed by atoms with Crippen molar-refractivity contribution in [3.8, 4) is 0 Å². The molecule has 0 radical (unpaired) electrons. The molecule has 0 unspecified atom stereocenters. The first-order valence-corrected chi connectivity index (χ1v) is 24.0. The molecular weight excluding hydrogens is 582 g/mol. The zero-order valence-electron chi connectivity index (χ0n) is 23.8. The van der Waals surface area contributed by atoms with E-state index < -0.39 is 26.3 Å². The van der Waals surface area contributed by atoms with Crippen LogP contribution in [0, 0.1) is 0 Å².